The smallest absolute Gasteiger partial charge is 0.410 e. The van der Waals surface area contributed by atoms with Crippen LogP contribution >= 0.6 is 11.3 Å². The number of amides is 2. The van der Waals surface area contributed by atoms with Crippen LogP contribution in [-0.4, -0.2) is 58.1 Å². The first-order valence-corrected chi connectivity index (χ1v) is 11.3. The number of carbonyl (C=O) groups excluding carboxylic acids is 2. The number of nitriles is 1. The van der Waals surface area contributed by atoms with Crippen LogP contribution in [0.15, 0.2) is 29.9 Å². The number of carbonyl (C=O) groups is 2. The van der Waals surface area contributed by atoms with Crippen LogP contribution in [0.1, 0.15) is 48.3 Å². The highest BCUT2D eigenvalue weighted by Crippen LogP contribution is 2.31. The normalized spacial score (nSPS) is 19.9. The number of nitrogens with zero attached hydrogens (tertiary/aromatic N) is 4. The molecule has 0 N–H and O–H groups in total. The molecule has 2 amide bonds. The summed E-state index contributed by atoms with van der Waals surface area (Å²) in [5, 5.41) is 11.2. The first-order chi connectivity index (χ1) is 14.5. The number of cyclic esters (lactones) is 1. The van der Waals surface area contributed by atoms with E-state index >= 15 is 0 Å². The van der Waals surface area contributed by atoms with Crippen molar-refractivity contribution < 1.29 is 14.3 Å². The van der Waals surface area contributed by atoms with E-state index in [0.717, 1.165) is 19.3 Å². The molecule has 2 aliphatic heterocycles. The number of ether oxygens (including phenoxy) is 1. The van der Waals surface area contributed by atoms with Gasteiger partial charge in [0.15, 0.2) is 0 Å². The fourth-order valence-corrected chi connectivity index (χ4v) is 5.41. The largest absolute Gasteiger partial charge is 0.447 e. The topological polar surface area (TPSA) is 78.6 Å². The second-order valence-corrected chi connectivity index (χ2v) is 9.20. The Bertz CT molecular complexity index is 952. The number of piperidine rings is 1. The lowest BCUT2D eigenvalue weighted by molar-refractivity contribution is 0.0635. The molecule has 7 nitrogen and oxygen atoms in total. The molecule has 8 heteroatoms. The Hall–Kier alpha value is -2.79. The summed E-state index contributed by atoms with van der Waals surface area (Å²) in [6.45, 7) is 5.95. The second kappa shape index (κ2) is 8.52. The van der Waals surface area contributed by atoms with E-state index in [4.69, 9.17) is 4.74 Å². The van der Waals surface area contributed by atoms with E-state index in [1.807, 2.05) is 38.9 Å². The average Bonchev–Trinajstić information content (AvgIpc) is 3.47. The van der Waals surface area contributed by atoms with Gasteiger partial charge in [-0.1, -0.05) is 13.8 Å². The molecule has 1 unspecified atom stereocenters. The highest BCUT2D eigenvalue weighted by Gasteiger charge is 2.40. The van der Waals surface area contributed by atoms with Crippen LogP contribution in [0.25, 0.3) is 5.69 Å². The maximum absolute atomic E-state index is 13.3. The molecule has 4 heterocycles. The van der Waals surface area contributed by atoms with Gasteiger partial charge in [-0.2, -0.15) is 5.26 Å². The predicted molar refractivity (Wildman–Crippen MR) is 114 cm³/mol. The first-order valence-electron chi connectivity index (χ1n) is 10.4. The number of hydrogen-bond donors (Lipinski definition) is 0. The number of aromatic nitrogens is 1. The monoisotopic (exact) mass is 426 g/mol. The minimum absolute atomic E-state index is 0.0496. The van der Waals surface area contributed by atoms with E-state index in [1.54, 1.807) is 5.38 Å². The van der Waals surface area contributed by atoms with E-state index in [0.29, 0.717) is 41.7 Å². The second-order valence-electron chi connectivity index (χ2n) is 8.32. The predicted octanol–water partition coefficient (Wildman–Crippen LogP) is 3.88. The number of hydrogen-bond acceptors (Lipinski definition) is 5. The maximum Gasteiger partial charge on any atom is 0.410 e. The molecular weight excluding hydrogens is 400 g/mol. The summed E-state index contributed by atoms with van der Waals surface area (Å²) in [6.07, 6.45) is 5.88. The lowest BCUT2D eigenvalue weighted by atomic mass is 9.98. The first kappa shape index (κ1) is 20.5. The molecule has 158 valence electrons. The Morgan fingerprint density at radius 2 is 2.00 bits per heavy atom. The Balaban J connectivity index is 1.46. The summed E-state index contributed by atoms with van der Waals surface area (Å²) in [6, 6.07) is 6.18. The van der Waals surface area contributed by atoms with E-state index < -0.39 is 0 Å². The van der Waals surface area contributed by atoms with Crippen molar-refractivity contribution in [2.24, 2.45) is 5.92 Å². The van der Waals surface area contributed by atoms with Crippen molar-refractivity contribution in [2.45, 2.75) is 45.2 Å². The number of rotatable bonds is 5. The van der Waals surface area contributed by atoms with Crippen LogP contribution in [0, 0.1) is 17.2 Å². The van der Waals surface area contributed by atoms with E-state index in [-0.39, 0.29) is 24.1 Å². The van der Waals surface area contributed by atoms with Crippen molar-refractivity contribution in [1.29, 1.82) is 5.26 Å². The van der Waals surface area contributed by atoms with Gasteiger partial charge in [0.25, 0.3) is 5.91 Å². The highest BCUT2D eigenvalue weighted by atomic mass is 32.1. The Morgan fingerprint density at radius 3 is 2.63 bits per heavy atom. The van der Waals surface area contributed by atoms with Gasteiger partial charge in [0.1, 0.15) is 17.6 Å². The fraction of sp³-hybridized carbons (Fsp3) is 0.500. The summed E-state index contributed by atoms with van der Waals surface area (Å²) in [5.41, 5.74) is 1.16. The lowest BCUT2D eigenvalue weighted by Crippen LogP contribution is -2.50. The lowest BCUT2D eigenvalue weighted by Gasteiger charge is -2.38. The van der Waals surface area contributed by atoms with Crippen molar-refractivity contribution >= 4 is 23.3 Å². The third kappa shape index (κ3) is 3.82. The molecule has 0 saturated carbocycles. The van der Waals surface area contributed by atoms with Gasteiger partial charge in [-0.05, 0) is 37.3 Å². The van der Waals surface area contributed by atoms with Gasteiger partial charge in [0.05, 0.1) is 17.3 Å². The van der Waals surface area contributed by atoms with Crippen molar-refractivity contribution in [1.82, 2.24) is 14.4 Å². The fourth-order valence-electron chi connectivity index (χ4n) is 4.46. The molecule has 2 fully saturated rings. The standard InChI is InChI=1S/C22H26N4O3S/c1-15(2)11-18-13-29-22(28)26(18)17-5-9-25(10-6-17)21(27)20-19(16(12-23)14-30-20)24-7-3-4-8-24/h3-4,7-8,14-15,17-18H,5-6,9-11,13H2,1-2H3. The van der Waals surface area contributed by atoms with Gasteiger partial charge >= 0.3 is 6.09 Å². The molecule has 0 bridgehead atoms. The molecule has 4 rings (SSSR count). The van der Waals surface area contributed by atoms with Crippen LogP contribution in [0.5, 0.6) is 0 Å². The molecule has 2 aromatic heterocycles. The summed E-state index contributed by atoms with van der Waals surface area (Å²) in [4.78, 5) is 29.9. The molecule has 2 saturated heterocycles. The SMILES string of the molecule is CC(C)CC1COC(=O)N1C1CCN(C(=O)c2scc(C#N)c2-n2cccc2)CC1. The zero-order valence-electron chi connectivity index (χ0n) is 17.3. The van der Waals surface area contributed by atoms with Gasteiger partial charge in [-0.25, -0.2) is 4.79 Å². The van der Waals surface area contributed by atoms with Crippen LogP contribution in [0.2, 0.25) is 0 Å². The third-order valence-electron chi connectivity index (χ3n) is 5.83. The van der Waals surface area contributed by atoms with Crippen molar-refractivity contribution in [3.8, 4) is 11.8 Å². The van der Waals surface area contributed by atoms with Crippen LogP contribution in [-0.2, 0) is 4.74 Å². The Morgan fingerprint density at radius 1 is 1.30 bits per heavy atom. The zero-order valence-corrected chi connectivity index (χ0v) is 18.1. The van der Waals surface area contributed by atoms with Gasteiger partial charge in [0.2, 0.25) is 0 Å². The van der Waals surface area contributed by atoms with Crippen LogP contribution in [0.4, 0.5) is 4.79 Å². The summed E-state index contributed by atoms with van der Waals surface area (Å²) >= 11 is 1.32. The van der Waals surface area contributed by atoms with Crippen LogP contribution in [0.3, 0.4) is 0 Å². The van der Waals surface area contributed by atoms with Gasteiger partial charge in [-0.15, -0.1) is 11.3 Å². The van der Waals surface area contributed by atoms with E-state index in [9.17, 15) is 14.9 Å². The van der Waals surface area contributed by atoms with Crippen LogP contribution < -0.4 is 0 Å². The Labute approximate surface area is 180 Å². The maximum atomic E-state index is 13.3. The van der Waals surface area contributed by atoms with E-state index in [1.165, 1.54) is 11.3 Å². The minimum Gasteiger partial charge on any atom is -0.447 e. The molecule has 0 aromatic carbocycles. The molecule has 2 aromatic rings. The van der Waals surface area contributed by atoms with Gasteiger partial charge in [0, 0.05) is 36.9 Å². The summed E-state index contributed by atoms with van der Waals surface area (Å²) in [7, 11) is 0. The van der Waals surface area contributed by atoms with Crippen molar-refractivity contribution in [2.75, 3.05) is 19.7 Å². The quantitative estimate of drug-likeness (QED) is 0.727. The molecule has 0 aliphatic carbocycles. The molecule has 2 aliphatic rings. The number of likely N-dealkylation sites (tertiary alicyclic amines) is 1. The van der Waals surface area contributed by atoms with Crippen molar-refractivity contribution in [3.05, 3.63) is 40.3 Å². The summed E-state index contributed by atoms with van der Waals surface area (Å²) < 4.78 is 7.15. The molecular formula is C22H26N4O3S. The zero-order chi connectivity index (χ0) is 21.3. The van der Waals surface area contributed by atoms with E-state index in [2.05, 4.69) is 19.9 Å². The summed E-state index contributed by atoms with van der Waals surface area (Å²) in [5.74, 6) is 0.445. The molecule has 0 spiro atoms. The minimum atomic E-state index is -0.225. The van der Waals surface area contributed by atoms with Gasteiger partial charge in [-0.3, -0.25) is 9.69 Å². The molecule has 1 atom stereocenters. The Kier molecular flexibility index (Phi) is 5.82. The highest BCUT2D eigenvalue weighted by molar-refractivity contribution is 7.12. The third-order valence-corrected chi connectivity index (χ3v) is 6.79. The molecule has 0 radical (unpaired) electrons. The molecule has 30 heavy (non-hydrogen) atoms. The average molecular weight is 427 g/mol. The van der Waals surface area contributed by atoms with Crippen molar-refractivity contribution in [3.63, 3.8) is 0 Å². The van der Waals surface area contributed by atoms with Gasteiger partial charge < -0.3 is 14.2 Å². The number of thiophene rings is 1.